The summed E-state index contributed by atoms with van der Waals surface area (Å²) in [5.74, 6) is 2.92. The minimum absolute atomic E-state index is 0.793. The fourth-order valence-corrected chi connectivity index (χ4v) is 3.74. The predicted octanol–water partition coefficient (Wildman–Crippen LogP) is 2.60. The standard InChI is InChI=1S/C19H32N4O/c1-2-9-20-19(21-10-7-18-6-5-14-24-18)23-13-8-17(16-23)15-22-11-3-4-12-22/h5-6,14,17H,2-4,7-13,15-16H2,1H3,(H,20,21). The number of hydrogen-bond donors (Lipinski definition) is 1. The van der Waals surface area contributed by atoms with Crippen molar-refractivity contribution in [1.82, 2.24) is 15.1 Å². The molecule has 2 aliphatic heterocycles. The number of rotatable bonds is 7. The summed E-state index contributed by atoms with van der Waals surface area (Å²) in [6.07, 6.45) is 7.80. The molecule has 5 nitrogen and oxygen atoms in total. The normalized spacial score (nSPS) is 22.5. The van der Waals surface area contributed by atoms with Gasteiger partial charge in [0.1, 0.15) is 5.76 Å². The lowest BCUT2D eigenvalue weighted by molar-refractivity contribution is 0.281. The highest BCUT2D eigenvalue weighted by Gasteiger charge is 2.27. The van der Waals surface area contributed by atoms with Gasteiger partial charge in [0, 0.05) is 39.1 Å². The summed E-state index contributed by atoms with van der Waals surface area (Å²) in [5.41, 5.74) is 0. The Bertz CT molecular complexity index is 493. The molecule has 0 amide bonds. The minimum atomic E-state index is 0.793. The fourth-order valence-electron chi connectivity index (χ4n) is 3.74. The highest BCUT2D eigenvalue weighted by atomic mass is 16.3. The zero-order chi connectivity index (χ0) is 16.6. The average Bonchev–Trinajstić information content (AvgIpc) is 3.34. The summed E-state index contributed by atoms with van der Waals surface area (Å²) < 4.78 is 5.41. The Labute approximate surface area is 146 Å². The molecule has 0 aromatic carbocycles. The van der Waals surface area contributed by atoms with Gasteiger partial charge >= 0.3 is 0 Å². The van der Waals surface area contributed by atoms with Gasteiger partial charge in [0.15, 0.2) is 5.96 Å². The molecule has 3 heterocycles. The molecule has 134 valence electrons. The van der Waals surface area contributed by atoms with Crippen molar-refractivity contribution in [1.29, 1.82) is 0 Å². The number of aliphatic imine (C=N–C) groups is 1. The van der Waals surface area contributed by atoms with Gasteiger partial charge in [0.25, 0.3) is 0 Å². The zero-order valence-electron chi connectivity index (χ0n) is 15.0. The van der Waals surface area contributed by atoms with Crippen LogP contribution < -0.4 is 5.32 Å². The maximum atomic E-state index is 5.41. The molecular weight excluding hydrogens is 300 g/mol. The van der Waals surface area contributed by atoms with E-state index in [1.807, 2.05) is 12.1 Å². The van der Waals surface area contributed by atoms with Gasteiger partial charge in [-0.25, -0.2) is 0 Å². The van der Waals surface area contributed by atoms with Gasteiger partial charge in [-0.2, -0.15) is 0 Å². The van der Waals surface area contributed by atoms with Crippen LogP contribution in [0.25, 0.3) is 0 Å². The van der Waals surface area contributed by atoms with E-state index in [1.54, 1.807) is 6.26 Å². The molecule has 1 N–H and O–H groups in total. The Morgan fingerprint density at radius 3 is 2.96 bits per heavy atom. The molecular formula is C19H32N4O. The highest BCUT2D eigenvalue weighted by molar-refractivity contribution is 5.80. The lowest BCUT2D eigenvalue weighted by Crippen LogP contribution is -2.41. The van der Waals surface area contributed by atoms with E-state index in [0.29, 0.717) is 0 Å². The number of furan rings is 1. The molecule has 2 fully saturated rings. The quantitative estimate of drug-likeness (QED) is 0.616. The van der Waals surface area contributed by atoms with Gasteiger partial charge in [-0.3, -0.25) is 4.99 Å². The van der Waals surface area contributed by atoms with Crippen molar-refractivity contribution in [2.24, 2.45) is 10.9 Å². The van der Waals surface area contributed by atoms with Gasteiger partial charge < -0.3 is 19.5 Å². The Morgan fingerprint density at radius 1 is 1.33 bits per heavy atom. The van der Waals surface area contributed by atoms with E-state index in [2.05, 4.69) is 22.0 Å². The van der Waals surface area contributed by atoms with Crippen molar-refractivity contribution in [2.75, 3.05) is 45.8 Å². The molecule has 0 bridgehead atoms. The first kappa shape index (κ1) is 17.3. The molecule has 0 saturated carbocycles. The topological polar surface area (TPSA) is 44.0 Å². The van der Waals surface area contributed by atoms with Crippen LogP contribution in [0.3, 0.4) is 0 Å². The first-order chi connectivity index (χ1) is 11.8. The van der Waals surface area contributed by atoms with Crippen LogP contribution in [0, 0.1) is 5.92 Å². The molecule has 3 rings (SSSR count). The highest BCUT2D eigenvalue weighted by Crippen LogP contribution is 2.20. The summed E-state index contributed by atoms with van der Waals surface area (Å²) in [6.45, 7) is 10.1. The lowest BCUT2D eigenvalue weighted by atomic mass is 10.1. The third kappa shape index (κ3) is 5.00. The molecule has 5 heteroatoms. The van der Waals surface area contributed by atoms with Crippen molar-refractivity contribution in [3.05, 3.63) is 24.2 Å². The lowest BCUT2D eigenvalue weighted by Gasteiger charge is -2.23. The van der Waals surface area contributed by atoms with Crippen LogP contribution in [-0.4, -0.2) is 61.6 Å². The van der Waals surface area contributed by atoms with Gasteiger partial charge in [-0.1, -0.05) is 6.92 Å². The first-order valence-electron chi connectivity index (χ1n) is 9.63. The van der Waals surface area contributed by atoms with E-state index in [0.717, 1.165) is 56.7 Å². The van der Waals surface area contributed by atoms with Gasteiger partial charge in [0.2, 0.25) is 0 Å². The molecule has 1 aromatic rings. The minimum Gasteiger partial charge on any atom is -0.469 e. The molecule has 2 aliphatic rings. The third-order valence-corrected chi connectivity index (χ3v) is 5.02. The Morgan fingerprint density at radius 2 is 2.21 bits per heavy atom. The van der Waals surface area contributed by atoms with Crippen LogP contribution in [0.15, 0.2) is 27.8 Å². The van der Waals surface area contributed by atoms with Gasteiger partial charge in [-0.05, 0) is 56.8 Å². The molecule has 1 aromatic heterocycles. The molecule has 0 aliphatic carbocycles. The smallest absolute Gasteiger partial charge is 0.193 e. The predicted molar refractivity (Wildman–Crippen MR) is 98.4 cm³/mol. The number of nitrogens with one attached hydrogen (secondary N) is 1. The summed E-state index contributed by atoms with van der Waals surface area (Å²) in [5, 5.41) is 3.55. The van der Waals surface area contributed by atoms with E-state index in [1.165, 1.54) is 38.9 Å². The van der Waals surface area contributed by atoms with Crippen LogP contribution in [0.2, 0.25) is 0 Å². The summed E-state index contributed by atoms with van der Waals surface area (Å²) in [7, 11) is 0. The second-order valence-corrected chi connectivity index (χ2v) is 7.07. The molecule has 2 saturated heterocycles. The molecule has 24 heavy (non-hydrogen) atoms. The summed E-state index contributed by atoms with van der Waals surface area (Å²) in [4.78, 5) is 9.89. The van der Waals surface area contributed by atoms with E-state index in [-0.39, 0.29) is 0 Å². The average molecular weight is 332 g/mol. The van der Waals surface area contributed by atoms with Crippen molar-refractivity contribution in [3.8, 4) is 0 Å². The van der Waals surface area contributed by atoms with Crippen LogP contribution in [0.1, 0.15) is 38.4 Å². The maximum absolute atomic E-state index is 5.41. The SMILES string of the molecule is CCCN=C(NCCc1ccco1)N1CCC(CN2CCCC2)C1. The molecule has 1 atom stereocenters. The van der Waals surface area contributed by atoms with Crippen molar-refractivity contribution in [2.45, 2.75) is 39.0 Å². The third-order valence-electron chi connectivity index (χ3n) is 5.02. The number of hydrogen-bond acceptors (Lipinski definition) is 3. The number of nitrogens with zero attached hydrogens (tertiary/aromatic N) is 3. The Balaban J connectivity index is 1.47. The molecule has 0 spiro atoms. The van der Waals surface area contributed by atoms with Crippen LogP contribution in [-0.2, 0) is 6.42 Å². The van der Waals surface area contributed by atoms with Crippen molar-refractivity contribution in [3.63, 3.8) is 0 Å². The van der Waals surface area contributed by atoms with Gasteiger partial charge in [0.05, 0.1) is 6.26 Å². The largest absolute Gasteiger partial charge is 0.469 e. The maximum Gasteiger partial charge on any atom is 0.193 e. The number of guanidine groups is 1. The van der Waals surface area contributed by atoms with E-state index < -0.39 is 0 Å². The summed E-state index contributed by atoms with van der Waals surface area (Å²) >= 11 is 0. The van der Waals surface area contributed by atoms with Gasteiger partial charge in [-0.15, -0.1) is 0 Å². The second-order valence-electron chi connectivity index (χ2n) is 7.07. The van der Waals surface area contributed by atoms with E-state index in [9.17, 15) is 0 Å². The van der Waals surface area contributed by atoms with Crippen LogP contribution >= 0.6 is 0 Å². The molecule has 0 radical (unpaired) electrons. The monoisotopic (exact) mass is 332 g/mol. The summed E-state index contributed by atoms with van der Waals surface area (Å²) in [6, 6.07) is 3.98. The van der Waals surface area contributed by atoms with E-state index >= 15 is 0 Å². The first-order valence-corrected chi connectivity index (χ1v) is 9.63. The zero-order valence-corrected chi connectivity index (χ0v) is 15.0. The van der Waals surface area contributed by atoms with Crippen LogP contribution in [0.5, 0.6) is 0 Å². The Kier molecular flexibility index (Phi) is 6.58. The van der Waals surface area contributed by atoms with Crippen molar-refractivity contribution < 1.29 is 4.42 Å². The fraction of sp³-hybridized carbons (Fsp3) is 0.737. The Hall–Kier alpha value is -1.49. The van der Waals surface area contributed by atoms with Crippen molar-refractivity contribution >= 4 is 5.96 Å². The van der Waals surface area contributed by atoms with Crippen LogP contribution in [0.4, 0.5) is 0 Å². The van der Waals surface area contributed by atoms with E-state index in [4.69, 9.17) is 9.41 Å². The second kappa shape index (κ2) is 9.11. The number of likely N-dealkylation sites (tertiary alicyclic amines) is 2. The molecule has 1 unspecified atom stereocenters.